The summed E-state index contributed by atoms with van der Waals surface area (Å²) in [5.41, 5.74) is 1.63. The third kappa shape index (κ3) is 2.31. The minimum Gasteiger partial charge on any atom is -0.385 e. The average Bonchev–Trinajstić information content (AvgIpc) is 2.18. The molecule has 0 saturated heterocycles. The molecule has 1 N–H and O–H groups in total. The van der Waals surface area contributed by atoms with Gasteiger partial charge in [0.15, 0.2) is 0 Å². The van der Waals surface area contributed by atoms with Crippen LogP contribution >= 0.6 is 0 Å². The maximum absolute atomic E-state index is 10.0. The molecule has 13 heavy (non-hydrogen) atoms. The van der Waals surface area contributed by atoms with E-state index in [1.807, 2.05) is 26.0 Å². The van der Waals surface area contributed by atoms with Gasteiger partial charge in [0.1, 0.15) is 0 Å². The van der Waals surface area contributed by atoms with Crippen LogP contribution in [0.25, 0.3) is 0 Å². The van der Waals surface area contributed by atoms with Gasteiger partial charge in [-0.2, -0.15) is 0 Å². The zero-order valence-electron chi connectivity index (χ0n) is 8.67. The fraction of sp³-hybridized carbons (Fsp3) is 0.500. The Labute approximate surface area is 80.4 Å². The lowest BCUT2D eigenvalue weighted by molar-refractivity contribution is 0.0530. The van der Waals surface area contributed by atoms with Crippen molar-refractivity contribution in [1.82, 2.24) is 0 Å². The highest BCUT2D eigenvalue weighted by Crippen LogP contribution is 2.24. The smallest absolute Gasteiger partial charge is 0.0866 e. The molecule has 0 radical (unpaired) electrons. The van der Waals surface area contributed by atoms with E-state index in [2.05, 4.69) is 19.1 Å². The molecule has 72 valence electrons. The number of hydrogen-bond acceptors (Lipinski definition) is 1. The van der Waals surface area contributed by atoms with Crippen LogP contribution in [0.2, 0.25) is 0 Å². The van der Waals surface area contributed by atoms with E-state index in [9.17, 15) is 5.11 Å². The fourth-order valence-electron chi connectivity index (χ4n) is 1.33. The second kappa shape index (κ2) is 3.93. The molecule has 0 heterocycles. The molecule has 1 rings (SSSR count). The van der Waals surface area contributed by atoms with Crippen molar-refractivity contribution >= 4 is 0 Å². The Morgan fingerprint density at radius 3 is 2.54 bits per heavy atom. The topological polar surface area (TPSA) is 20.2 Å². The van der Waals surface area contributed by atoms with Gasteiger partial charge in [0.2, 0.25) is 0 Å². The summed E-state index contributed by atoms with van der Waals surface area (Å²) < 4.78 is 0. The monoisotopic (exact) mass is 178 g/mol. The summed E-state index contributed by atoms with van der Waals surface area (Å²) in [7, 11) is 0. The standard InChI is InChI=1S/C12H18O/c1-4-10-7-6-8-11(9-10)12(3,13)5-2/h6-9,13H,4-5H2,1-3H3/t12-/m1/s1. The maximum Gasteiger partial charge on any atom is 0.0866 e. The summed E-state index contributed by atoms with van der Waals surface area (Å²) in [5.74, 6) is 0. The molecule has 0 saturated carbocycles. The minimum atomic E-state index is -0.675. The van der Waals surface area contributed by atoms with Crippen LogP contribution in [-0.4, -0.2) is 5.11 Å². The zero-order chi connectivity index (χ0) is 9.90. The third-order valence-electron chi connectivity index (χ3n) is 2.65. The summed E-state index contributed by atoms with van der Waals surface area (Å²) in [4.78, 5) is 0. The van der Waals surface area contributed by atoms with E-state index >= 15 is 0 Å². The number of aryl methyl sites for hydroxylation is 1. The molecule has 0 unspecified atom stereocenters. The summed E-state index contributed by atoms with van der Waals surface area (Å²) in [5, 5.41) is 10.0. The number of rotatable bonds is 3. The van der Waals surface area contributed by atoms with Gasteiger partial charge in [-0.15, -0.1) is 0 Å². The van der Waals surface area contributed by atoms with Gasteiger partial charge >= 0.3 is 0 Å². The normalized spacial score (nSPS) is 15.4. The molecule has 0 amide bonds. The second-order valence-electron chi connectivity index (χ2n) is 3.68. The lowest BCUT2D eigenvalue weighted by Crippen LogP contribution is -2.19. The molecule has 0 aromatic heterocycles. The van der Waals surface area contributed by atoms with Gasteiger partial charge < -0.3 is 5.11 Å². The first-order valence-corrected chi connectivity index (χ1v) is 4.92. The van der Waals surface area contributed by atoms with Gasteiger partial charge in [0, 0.05) is 0 Å². The van der Waals surface area contributed by atoms with Crippen LogP contribution in [0, 0.1) is 0 Å². The van der Waals surface area contributed by atoms with E-state index in [1.165, 1.54) is 5.56 Å². The summed E-state index contributed by atoms with van der Waals surface area (Å²) in [6.45, 7) is 5.99. The lowest BCUT2D eigenvalue weighted by atomic mass is 9.92. The van der Waals surface area contributed by atoms with Crippen molar-refractivity contribution in [2.24, 2.45) is 0 Å². The van der Waals surface area contributed by atoms with Gasteiger partial charge in [-0.3, -0.25) is 0 Å². The molecule has 0 bridgehead atoms. The molecule has 1 nitrogen and oxygen atoms in total. The molecular formula is C12H18O. The van der Waals surface area contributed by atoms with Crippen LogP contribution in [0.1, 0.15) is 38.3 Å². The van der Waals surface area contributed by atoms with Gasteiger partial charge in [-0.05, 0) is 30.9 Å². The first-order valence-electron chi connectivity index (χ1n) is 4.92. The van der Waals surface area contributed by atoms with Crippen molar-refractivity contribution in [3.63, 3.8) is 0 Å². The molecule has 1 heteroatoms. The van der Waals surface area contributed by atoms with Crippen molar-refractivity contribution in [1.29, 1.82) is 0 Å². The van der Waals surface area contributed by atoms with E-state index < -0.39 is 5.60 Å². The van der Waals surface area contributed by atoms with Gasteiger partial charge in [0.05, 0.1) is 5.60 Å². The first kappa shape index (κ1) is 10.3. The largest absolute Gasteiger partial charge is 0.385 e. The van der Waals surface area contributed by atoms with Crippen LogP contribution < -0.4 is 0 Å². The van der Waals surface area contributed by atoms with Crippen molar-refractivity contribution < 1.29 is 5.11 Å². The highest BCUT2D eigenvalue weighted by Gasteiger charge is 2.19. The Kier molecular flexibility index (Phi) is 3.10. The quantitative estimate of drug-likeness (QED) is 0.754. The van der Waals surface area contributed by atoms with Crippen LogP contribution in [0.3, 0.4) is 0 Å². The lowest BCUT2D eigenvalue weighted by Gasteiger charge is -2.22. The molecule has 1 aromatic rings. The van der Waals surface area contributed by atoms with Crippen LogP contribution in [-0.2, 0) is 12.0 Å². The molecular weight excluding hydrogens is 160 g/mol. The van der Waals surface area contributed by atoms with Crippen LogP contribution in [0.15, 0.2) is 24.3 Å². The van der Waals surface area contributed by atoms with Crippen molar-refractivity contribution in [3.8, 4) is 0 Å². The molecule has 1 aromatic carbocycles. The highest BCUT2D eigenvalue weighted by atomic mass is 16.3. The Bertz CT molecular complexity index is 276. The predicted molar refractivity (Wildman–Crippen MR) is 55.7 cm³/mol. The summed E-state index contributed by atoms with van der Waals surface area (Å²) in [6, 6.07) is 8.18. The van der Waals surface area contributed by atoms with Gasteiger partial charge in [-0.25, -0.2) is 0 Å². The summed E-state index contributed by atoms with van der Waals surface area (Å²) in [6.07, 6.45) is 1.77. The van der Waals surface area contributed by atoms with E-state index in [0.717, 1.165) is 18.4 Å². The second-order valence-corrected chi connectivity index (χ2v) is 3.68. The van der Waals surface area contributed by atoms with Crippen LogP contribution in [0.4, 0.5) is 0 Å². The Hall–Kier alpha value is -0.820. The Morgan fingerprint density at radius 2 is 2.00 bits per heavy atom. The van der Waals surface area contributed by atoms with Gasteiger partial charge in [0.25, 0.3) is 0 Å². The van der Waals surface area contributed by atoms with Crippen molar-refractivity contribution in [2.75, 3.05) is 0 Å². The van der Waals surface area contributed by atoms with E-state index in [-0.39, 0.29) is 0 Å². The minimum absolute atomic E-state index is 0.675. The van der Waals surface area contributed by atoms with E-state index in [1.54, 1.807) is 0 Å². The van der Waals surface area contributed by atoms with E-state index in [4.69, 9.17) is 0 Å². The Balaban J connectivity index is 3.01. The number of aliphatic hydroxyl groups is 1. The zero-order valence-corrected chi connectivity index (χ0v) is 8.67. The van der Waals surface area contributed by atoms with Crippen molar-refractivity contribution in [3.05, 3.63) is 35.4 Å². The summed E-state index contributed by atoms with van der Waals surface area (Å²) >= 11 is 0. The third-order valence-corrected chi connectivity index (χ3v) is 2.65. The highest BCUT2D eigenvalue weighted by molar-refractivity contribution is 5.27. The maximum atomic E-state index is 10.0. The van der Waals surface area contributed by atoms with Gasteiger partial charge in [-0.1, -0.05) is 38.1 Å². The molecule has 0 fully saturated rings. The predicted octanol–water partition coefficient (Wildman–Crippen LogP) is 2.87. The fourth-order valence-corrected chi connectivity index (χ4v) is 1.33. The van der Waals surface area contributed by atoms with E-state index in [0.29, 0.717) is 0 Å². The van der Waals surface area contributed by atoms with Crippen LogP contribution in [0.5, 0.6) is 0 Å². The van der Waals surface area contributed by atoms with Crippen molar-refractivity contribution in [2.45, 2.75) is 39.2 Å². The Morgan fingerprint density at radius 1 is 1.31 bits per heavy atom. The molecule has 0 aliphatic carbocycles. The number of benzene rings is 1. The molecule has 0 spiro atoms. The average molecular weight is 178 g/mol. The SMILES string of the molecule is CCc1cccc([C@](C)(O)CC)c1. The first-order chi connectivity index (χ1) is 6.10. The number of hydrogen-bond donors (Lipinski definition) is 1. The molecule has 1 atom stereocenters. The molecule has 0 aliphatic rings. The molecule has 0 aliphatic heterocycles.